The number of likely N-dealkylation sites (N-methyl/N-ethyl adjacent to an activating group) is 1. The molecular weight excluding hydrogens is 254 g/mol. The Labute approximate surface area is 111 Å². The number of nitrogens with zero attached hydrogens (tertiary/aromatic N) is 2. The van der Waals surface area contributed by atoms with Crippen molar-refractivity contribution in [1.82, 2.24) is 15.3 Å². The lowest BCUT2D eigenvalue weighted by molar-refractivity contribution is 0.0660. The molecule has 1 heterocycles. The number of hydrogen-bond acceptors (Lipinski definition) is 4. The quantitative estimate of drug-likeness (QED) is 0.839. The van der Waals surface area contributed by atoms with Crippen LogP contribution in [0.2, 0.25) is 5.02 Å². The van der Waals surface area contributed by atoms with Gasteiger partial charge in [-0.2, -0.15) is 0 Å². The highest BCUT2D eigenvalue weighted by atomic mass is 35.5. The highest BCUT2D eigenvalue weighted by molar-refractivity contribution is 6.31. The van der Waals surface area contributed by atoms with Gasteiger partial charge in [-0.15, -0.1) is 0 Å². The molecule has 0 bridgehead atoms. The number of phenolic OH excluding ortho intramolecular Hbond substituents is 1. The number of aromatic hydroxyl groups is 1. The van der Waals surface area contributed by atoms with Crippen LogP contribution in [0.1, 0.15) is 10.4 Å². The van der Waals surface area contributed by atoms with Crippen LogP contribution in [0.25, 0.3) is 0 Å². The Kier molecular flexibility index (Phi) is 4.06. The van der Waals surface area contributed by atoms with E-state index in [2.05, 4.69) is 10.3 Å². The van der Waals surface area contributed by atoms with E-state index in [9.17, 15) is 9.90 Å². The zero-order chi connectivity index (χ0) is 13.1. The minimum atomic E-state index is -0.334. The van der Waals surface area contributed by atoms with Gasteiger partial charge >= 0.3 is 0 Å². The second kappa shape index (κ2) is 5.56. The molecule has 1 aliphatic heterocycles. The van der Waals surface area contributed by atoms with E-state index in [4.69, 9.17) is 11.6 Å². The summed E-state index contributed by atoms with van der Waals surface area (Å²) in [5.74, 6) is -0.398. The third-order valence-electron chi connectivity index (χ3n) is 2.97. The molecule has 0 aliphatic carbocycles. The van der Waals surface area contributed by atoms with Crippen molar-refractivity contribution in [3.05, 3.63) is 28.8 Å². The monoisotopic (exact) mass is 269 g/mol. The van der Waals surface area contributed by atoms with E-state index in [1.807, 2.05) is 12.1 Å². The van der Waals surface area contributed by atoms with Gasteiger partial charge in [0.25, 0.3) is 5.91 Å². The third kappa shape index (κ3) is 3.13. The van der Waals surface area contributed by atoms with Crippen molar-refractivity contribution < 1.29 is 9.90 Å². The van der Waals surface area contributed by atoms with Crippen molar-refractivity contribution in [3.63, 3.8) is 0 Å². The standard InChI is InChI=1S/C12H16ClN3O2/c1-15-4-6-16(7-5-15)14-12(18)10-8-9(13)2-3-11(10)17/h2-3,8,17H,4-7H2,1H3,(H,14,18). The summed E-state index contributed by atoms with van der Waals surface area (Å²) < 4.78 is 0. The van der Waals surface area contributed by atoms with Gasteiger partial charge in [0.15, 0.2) is 0 Å². The Morgan fingerprint density at radius 2 is 2.00 bits per heavy atom. The molecule has 18 heavy (non-hydrogen) atoms. The SMILES string of the molecule is CN1CCN(NC(=O)c2cc(Cl)ccc2O)CC1. The van der Waals surface area contributed by atoms with E-state index >= 15 is 0 Å². The van der Waals surface area contributed by atoms with Crippen LogP contribution in [0.3, 0.4) is 0 Å². The number of rotatable bonds is 2. The second-order valence-electron chi connectivity index (χ2n) is 4.39. The maximum absolute atomic E-state index is 12.0. The predicted molar refractivity (Wildman–Crippen MR) is 69.7 cm³/mol. The summed E-state index contributed by atoms with van der Waals surface area (Å²) in [6, 6.07) is 4.42. The number of benzene rings is 1. The van der Waals surface area contributed by atoms with Crippen molar-refractivity contribution in [1.29, 1.82) is 0 Å². The fourth-order valence-electron chi connectivity index (χ4n) is 1.81. The first kappa shape index (κ1) is 13.1. The number of piperazine rings is 1. The molecule has 1 fully saturated rings. The van der Waals surface area contributed by atoms with Crippen LogP contribution in [-0.4, -0.2) is 54.1 Å². The summed E-state index contributed by atoms with van der Waals surface area (Å²) in [5.41, 5.74) is 2.97. The fraction of sp³-hybridized carbons (Fsp3) is 0.417. The van der Waals surface area contributed by atoms with Crippen LogP contribution in [0, 0.1) is 0 Å². The van der Waals surface area contributed by atoms with Gasteiger partial charge in [-0.3, -0.25) is 10.2 Å². The lowest BCUT2D eigenvalue weighted by Crippen LogP contribution is -2.52. The molecule has 1 aromatic rings. The number of phenols is 1. The number of amides is 1. The van der Waals surface area contributed by atoms with Gasteiger partial charge in [-0.1, -0.05) is 11.6 Å². The molecule has 98 valence electrons. The van der Waals surface area contributed by atoms with E-state index in [0.29, 0.717) is 5.02 Å². The zero-order valence-electron chi connectivity index (χ0n) is 10.2. The minimum absolute atomic E-state index is 0.0639. The lowest BCUT2D eigenvalue weighted by atomic mass is 10.2. The maximum Gasteiger partial charge on any atom is 0.269 e. The first-order valence-corrected chi connectivity index (χ1v) is 6.17. The Bertz CT molecular complexity index is 445. The number of carbonyl (C=O) groups excluding carboxylic acids is 1. The van der Waals surface area contributed by atoms with E-state index in [1.165, 1.54) is 12.1 Å². The summed E-state index contributed by atoms with van der Waals surface area (Å²) in [5, 5.41) is 11.9. The van der Waals surface area contributed by atoms with Crippen LogP contribution in [0.4, 0.5) is 0 Å². The number of hydrogen-bond donors (Lipinski definition) is 2. The molecule has 2 N–H and O–H groups in total. The summed E-state index contributed by atoms with van der Waals surface area (Å²) in [7, 11) is 2.04. The van der Waals surface area contributed by atoms with Crippen molar-refractivity contribution in [2.75, 3.05) is 33.2 Å². The molecule has 0 spiro atoms. The first-order chi connectivity index (χ1) is 8.56. The van der Waals surface area contributed by atoms with E-state index in [0.717, 1.165) is 26.2 Å². The van der Waals surface area contributed by atoms with Gasteiger partial charge in [0, 0.05) is 31.2 Å². The molecule has 0 radical (unpaired) electrons. The molecule has 1 aromatic carbocycles. The Morgan fingerprint density at radius 3 is 2.67 bits per heavy atom. The van der Waals surface area contributed by atoms with Crippen LogP contribution in [0.5, 0.6) is 5.75 Å². The maximum atomic E-state index is 12.0. The van der Waals surface area contributed by atoms with Gasteiger partial charge < -0.3 is 10.0 Å². The van der Waals surface area contributed by atoms with Gasteiger partial charge in [0.2, 0.25) is 0 Å². The van der Waals surface area contributed by atoms with Crippen LogP contribution < -0.4 is 5.43 Å². The van der Waals surface area contributed by atoms with E-state index < -0.39 is 0 Å². The van der Waals surface area contributed by atoms with Gasteiger partial charge in [-0.25, -0.2) is 5.01 Å². The highest BCUT2D eigenvalue weighted by Crippen LogP contribution is 2.21. The molecule has 6 heteroatoms. The smallest absolute Gasteiger partial charge is 0.269 e. The molecule has 1 amide bonds. The van der Waals surface area contributed by atoms with Crippen LogP contribution >= 0.6 is 11.6 Å². The first-order valence-electron chi connectivity index (χ1n) is 5.79. The molecule has 0 aromatic heterocycles. The van der Waals surface area contributed by atoms with Crippen molar-refractivity contribution in [2.24, 2.45) is 0 Å². The van der Waals surface area contributed by atoms with Crippen LogP contribution in [0.15, 0.2) is 18.2 Å². The highest BCUT2D eigenvalue weighted by Gasteiger charge is 2.18. The molecule has 1 saturated heterocycles. The molecular formula is C12H16ClN3O2. The molecule has 5 nitrogen and oxygen atoms in total. The normalized spacial score (nSPS) is 17.7. The second-order valence-corrected chi connectivity index (χ2v) is 4.83. The fourth-order valence-corrected chi connectivity index (χ4v) is 1.98. The van der Waals surface area contributed by atoms with E-state index in [1.54, 1.807) is 6.07 Å². The number of hydrazine groups is 1. The summed E-state index contributed by atoms with van der Waals surface area (Å²) >= 11 is 5.81. The van der Waals surface area contributed by atoms with E-state index in [-0.39, 0.29) is 17.2 Å². The zero-order valence-corrected chi connectivity index (χ0v) is 10.9. The minimum Gasteiger partial charge on any atom is -0.507 e. The summed E-state index contributed by atoms with van der Waals surface area (Å²) in [4.78, 5) is 14.2. The van der Waals surface area contributed by atoms with Crippen molar-refractivity contribution >= 4 is 17.5 Å². The molecule has 0 atom stereocenters. The largest absolute Gasteiger partial charge is 0.507 e. The number of carbonyl (C=O) groups is 1. The predicted octanol–water partition coefficient (Wildman–Crippen LogP) is 0.938. The molecule has 2 rings (SSSR count). The lowest BCUT2D eigenvalue weighted by Gasteiger charge is -2.32. The summed E-state index contributed by atoms with van der Waals surface area (Å²) in [6.45, 7) is 3.34. The third-order valence-corrected chi connectivity index (χ3v) is 3.20. The average molecular weight is 270 g/mol. The summed E-state index contributed by atoms with van der Waals surface area (Å²) in [6.07, 6.45) is 0. The van der Waals surface area contributed by atoms with Gasteiger partial charge in [0.05, 0.1) is 5.56 Å². The van der Waals surface area contributed by atoms with Crippen LogP contribution in [-0.2, 0) is 0 Å². The molecule has 0 unspecified atom stereocenters. The van der Waals surface area contributed by atoms with Crippen molar-refractivity contribution in [2.45, 2.75) is 0 Å². The molecule has 1 aliphatic rings. The Morgan fingerprint density at radius 1 is 1.33 bits per heavy atom. The Balaban J connectivity index is 2.01. The average Bonchev–Trinajstić information content (AvgIpc) is 2.35. The molecule has 0 saturated carbocycles. The number of nitrogens with one attached hydrogen (secondary N) is 1. The van der Waals surface area contributed by atoms with Gasteiger partial charge in [0.1, 0.15) is 5.75 Å². The van der Waals surface area contributed by atoms with Gasteiger partial charge in [-0.05, 0) is 25.2 Å². The number of halogens is 1. The Hall–Kier alpha value is -1.30. The van der Waals surface area contributed by atoms with Crippen molar-refractivity contribution in [3.8, 4) is 5.75 Å². The topological polar surface area (TPSA) is 55.8 Å².